The molecule has 0 bridgehead atoms. The van der Waals surface area contributed by atoms with E-state index in [9.17, 15) is 8.42 Å². The van der Waals surface area contributed by atoms with Crippen LogP contribution in [-0.2, 0) is 23.1 Å². The average molecular weight is 419 g/mol. The van der Waals surface area contributed by atoms with Crippen molar-refractivity contribution >= 4 is 10.0 Å². The minimum Gasteiger partial charge on any atom is -0.497 e. The Labute approximate surface area is 174 Å². The second kappa shape index (κ2) is 9.61. The standard InChI is InChI=1S/C22H30N2O4S/c1-18-12-13-23(18)14-15-29(25,26)24(16-19-4-8-21(27-2)9-5-19)17-20-6-10-22(28-3)11-7-20/h4-11,18H,12-17H2,1-3H3. The summed E-state index contributed by atoms with van der Waals surface area (Å²) < 4.78 is 38.4. The Hall–Kier alpha value is -2.09. The largest absolute Gasteiger partial charge is 0.497 e. The Balaban J connectivity index is 1.76. The number of rotatable bonds is 10. The van der Waals surface area contributed by atoms with Gasteiger partial charge in [-0.1, -0.05) is 24.3 Å². The maximum Gasteiger partial charge on any atom is 0.215 e. The fourth-order valence-corrected chi connectivity index (χ4v) is 4.80. The topological polar surface area (TPSA) is 59.1 Å². The molecule has 1 saturated heterocycles. The minimum absolute atomic E-state index is 0.129. The van der Waals surface area contributed by atoms with E-state index < -0.39 is 10.0 Å². The molecule has 1 aliphatic rings. The highest BCUT2D eigenvalue weighted by molar-refractivity contribution is 7.89. The van der Waals surface area contributed by atoms with Gasteiger partial charge in [-0.25, -0.2) is 8.42 Å². The molecule has 29 heavy (non-hydrogen) atoms. The van der Waals surface area contributed by atoms with E-state index in [0.29, 0.717) is 25.7 Å². The number of ether oxygens (including phenoxy) is 2. The Morgan fingerprint density at radius 1 is 0.931 bits per heavy atom. The maximum absolute atomic E-state index is 13.2. The first-order valence-electron chi connectivity index (χ1n) is 9.89. The van der Waals surface area contributed by atoms with E-state index in [0.717, 1.165) is 35.6 Å². The Morgan fingerprint density at radius 2 is 1.41 bits per heavy atom. The van der Waals surface area contributed by atoms with Crippen molar-refractivity contribution in [1.82, 2.24) is 9.21 Å². The summed E-state index contributed by atoms with van der Waals surface area (Å²) in [6, 6.07) is 15.5. The highest BCUT2D eigenvalue weighted by Gasteiger charge is 2.28. The summed E-state index contributed by atoms with van der Waals surface area (Å²) in [6.45, 7) is 4.35. The van der Waals surface area contributed by atoms with Crippen molar-refractivity contribution in [3.05, 3.63) is 59.7 Å². The van der Waals surface area contributed by atoms with Gasteiger partial charge in [0.15, 0.2) is 0 Å². The number of hydrogen-bond donors (Lipinski definition) is 0. The van der Waals surface area contributed by atoms with E-state index in [-0.39, 0.29) is 5.75 Å². The maximum atomic E-state index is 13.2. The predicted molar refractivity (Wildman–Crippen MR) is 115 cm³/mol. The second-order valence-corrected chi connectivity index (χ2v) is 9.54. The molecule has 0 radical (unpaired) electrons. The third-order valence-electron chi connectivity index (χ3n) is 5.52. The average Bonchev–Trinajstić information content (AvgIpc) is 2.73. The third-order valence-corrected chi connectivity index (χ3v) is 7.27. The summed E-state index contributed by atoms with van der Waals surface area (Å²) in [6.07, 6.45) is 1.14. The van der Waals surface area contributed by atoms with E-state index in [1.807, 2.05) is 48.5 Å². The molecule has 3 rings (SSSR count). The quantitative estimate of drug-likeness (QED) is 0.593. The second-order valence-electron chi connectivity index (χ2n) is 7.45. The molecule has 1 aliphatic heterocycles. The smallest absolute Gasteiger partial charge is 0.215 e. The Bertz CT molecular complexity index is 833. The fourth-order valence-electron chi connectivity index (χ4n) is 3.39. The van der Waals surface area contributed by atoms with Crippen LogP contribution in [0.1, 0.15) is 24.5 Å². The van der Waals surface area contributed by atoms with Crippen molar-refractivity contribution in [2.75, 3.05) is 33.1 Å². The van der Waals surface area contributed by atoms with Crippen molar-refractivity contribution < 1.29 is 17.9 Å². The number of benzene rings is 2. The molecule has 0 saturated carbocycles. The lowest BCUT2D eigenvalue weighted by molar-refractivity contribution is 0.113. The van der Waals surface area contributed by atoms with Crippen LogP contribution in [0.3, 0.4) is 0 Å². The molecule has 7 heteroatoms. The number of hydrogen-bond acceptors (Lipinski definition) is 5. The van der Waals surface area contributed by atoms with Crippen LogP contribution >= 0.6 is 0 Å². The highest BCUT2D eigenvalue weighted by atomic mass is 32.2. The van der Waals surface area contributed by atoms with Crippen LogP contribution in [0.15, 0.2) is 48.5 Å². The van der Waals surface area contributed by atoms with Crippen LogP contribution in [0.4, 0.5) is 0 Å². The molecule has 0 N–H and O–H groups in total. The molecule has 1 unspecified atom stereocenters. The van der Waals surface area contributed by atoms with Crippen LogP contribution in [0.5, 0.6) is 11.5 Å². The molecule has 158 valence electrons. The lowest BCUT2D eigenvalue weighted by atomic mass is 10.1. The summed E-state index contributed by atoms with van der Waals surface area (Å²) in [5.74, 6) is 1.64. The van der Waals surface area contributed by atoms with Gasteiger partial charge in [0, 0.05) is 25.7 Å². The van der Waals surface area contributed by atoms with Gasteiger partial charge in [0.05, 0.1) is 20.0 Å². The van der Waals surface area contributed by atoms with Crippen LogP contribution in [0.25, 0.3) is 0 Å². The zero-order valence-corrected chi connectivity index (χ0v) is 18.2. The van der Waals surface area contributed by atoms with Gasteiger partial charge in [-0.05, 0) is 55.3 Å². The first kappa shape index (κ1) is 21.6. The summed E-state index contributed by atoms with van der Waals surface area (Å²) in [4.78, 5) is 2.22. The number of methoxy groups -OCH3 is 2. The van der Waals surface area contributed by atoms with Gasteiger partial charge in [-0.3, -0.25) is 4.90 Å². The first-order valence-corrected chi connectivity index (χ1v) is 11.5. The van der Waals surface area contributed by atoms with Crippen LogP contribution in [0, 0.1) is 0 Å². The van der Waals surface area contributed by atoms with Gasteiger partial charge >= 0.3 is 0 Å². The van der Waals surface area contributed by atoms with Gasteiger partial charge in [-0.15, -0.1) is 0 Å². The van der Waals surface area contributed by atoms with E-state index in [1.54, 1.807) is 18.5 Å². The molecule has 1 heterocycles. The van der Waals surface area contributed by atoms with Crippen LogP contribution in [0.2, 0.25) is 0 Å². The van der Waals surface area contributed by atoms with Crippen molar-refractivity contribution in [1.29, 1.82) is 0 Å². The molecule has 2 aromatic carbocycles. The molecule has 0 aromatic heterocycles. The first-order chi connectivity index (χ1) is 13.9. The van der Waals surface area contributed by atoms with Crippen molar-refractivity contribution in [2.45, 2.75) is 32.5 Å². The predicted octanol–water partition coefficient (Wildman–Crippen LogP) is 3.13. The summed E-state index contributed by atoms with van der Waals surface area (Å²) >= 11 is 0. The lowest BCUT2D eigenvalue weighted by Gasteiger charge is -2.38. The van der Waals surface area contributed by atoms with E-state index in [4.69, 9.17) is 9.47 Å². The number of likely N-dealkylation sites (tertiary alicyclic amines) is 1. The summed E-state index contributed by atoms with van der Waals surface area (Å²) in [5, 5.41) is 0. The van der Waals surface area contributed by atoms with E-state index in [2.05, 4.69) is 11.8 Å². The molecular formula is C22H30N2O4S. The monoisotopic (exact) mass is 418 g/mol. The fraction of sp³-hybridized carbons (Fsp3) is 0.455. The Morgan fingerprint density at radius 3 is 1.76 bits per heavy atom. The molecular weight excluding hydrogens is 388 g/mol. The molecule has 0 amide bonds. The van der Waals surface area contributed by atoms with E-state index in [1.165, 1.54) is 0 Å². The molecule has 0 aliphatic carbocycles. The van der Waals surface area contributed by atoms with Crippen LogP contribution < -0.4 is 9.47 Å². The molecule has 1 fully saturated rings. The van der Waals surface area contributed by atoms with E-state index >= 15 is 0 Å². The summed E-state index contributed by atoms with van der Waals surface area (Å²) in [5.41, 5.74) is 1.86. The minimum atomic E-state index is -3.42. The number of nitrogens with zero attached hydrogens (tertiary/aromatic N) is 2. The zero-order chi connectivity index (χ0) is 20.9. The normalized spacial score (nSPS) is 17.2. The molecule has 0 spiro atoms. The number of sulfonamides is 1. The van der Waals surface area contributed by atoms with Gasteiger partial charge in [0.1, 0.15) is 11.5 Å². The zero-order valence-electron chi connectivity index (χ0n) is 17.4. The molecule has 2 aromatic rings. The van der Waals surface area contributed by atoms with Gasteiger partial charge in [0.25, 0.3) is 0 Å². The molecule has 6 nitrogen and oxygen atoms in total. The van der Waals surface area contributed by atoms with Crippen molar-refractivity contribution in [3.63, 3.8) is 0 Å². The van der Waals surface area contributed by atoms with Crippen LogP contribution in [-0.4, -0.2) is 56.7 Å². The third kappa shape index (κ3) is 5.72. The SMILES string of the molecule is COc1ccc(CN(Cc2ccc(OC)cc2)S(=O)(=O)CCN2CCC2C)cc1. The van der Waals surface area contributed by atoms with Gasteiger partial charge in [-0.2, -0.15) is 4.31 Å². The van der Waals surface area contributed by atoms with Crippen molar-refractivity contribution in [3.8, 4) is 11.5 Å². The summed E-state index contributed by atoms with van der Waals surface area (Å²) in [7, 11) is -0.181. The van der Waals surface area contributed by atoms with Crippen molar-refractivity contribution in [2.24, 2.45) is 0 Å². The van der Waals surface area contributed by atoms with Gasteiger partial charge in [0.2, 0.25) is 10.0 Å². The molecule has 1 atom stereocenters. The lowest BCUT2D eigenvalue weighted by Crippen LogP contribution is -2.48. The highest BCUT2D eigenvalue weighted by Crippen LogP contribution is 2.21. The Kier molecular flexibility index (Phi) is 7.16. The van der Waals surface area contributed by atoms with Gasteiger partial charge < -0.3 is 9.47 Å².